The summed E-state index contributed by atoms with van der Waals surface area (Å²) in [6, 6.07) is 26.1. The van der Waals surface area contributed by atoms with Crippen molar-refractivity contribution in [3.63, 3.8) is 0 Å². The number of hydrogen-bond donors (Lipinski definition) is 3. The molecule has 8 nitrogen and oxygen atoms in total. The monoisotopic (exact) mass is 681 g/mol. The van der Waals surface area contributed by atoms with Crippen molar-refractivity contribution < 1.29 is 23.9 Å². The fraction of sp³-hybridized carbons (Fsp3) is 0.146. The third-order valence-electron chi connectivity index (χ3n) is 8.79. The van der Waals surface area contributed by atoms with Gasteiger partial charge in [0.2, 0.25) is 0 Å². The first kappa shape index (κ1) is 32.6. The van der Waals surface area contributed by atoms with Gasteiger partial charge in [-0.15, -0.1) is 11.3 Å². The molecule has 3 heterocycles. The van der Waals surface area contributed by atoms with Crippen molar-refractivity contribution >= 4 is 51.3 Å². The minimum Gasteiger partial charge on any atom is -0.488 e. The molecule has 9 heteroatoms. The van der Waals surface area contributed by atoms with E-state index in [1.165, 1.54) is 13.2 Å². The number of fused-ring (bicyclic) bond motifs is 4. The van der Waals surface area contributed by atoms with Crippen LogP contribution in [0, 0.1) is 5.92 Å². The molecule has 0 saturated carbocycles. The van der Waals surface area contributed by atoms with Gasteiger partial charge in [-0.1, -0.05) is 56.8 Å². The maximum atomic E-state index is 14.6. The molecule has 2 amide bonds. The minimum atomic E-state index is -0.636. The first-order valence-corrected chi connectivity index (χ1v) is 17.2. The van der Waals surface area contributed by atoms with Crippen molar-refractivity contribution in [3.8, 4) is 27.3 Å². The fourth-order valence-electron chi connectivity index (χ4n) is 6.26. The molecule has 0 saturated heterocycles. The molecule has 4 aromatic carbocycles. The largest absolute Gasteiger partial charge is 0.488 e. The number of aromatic nitrogens is 1. The minimum absolute atomic E-state index is 0.151. The summed E-state index contributed by atoms with van der Waals surface area (Å²) in [4.78, 5) is 45.2. The molecule has 0 aliphatic carbocycles. The molecule has 0 radical (unpaired) electrons. The van der Waals surface area contributed by atoms with Crippen LogP contribution in [0.15, 0.2) is 103 Å². The van der Waals surface area contributed by atoms with Crippen LogP contribution in [0.25, 0.3) is 38.0 Å². The van der Waals surface area contributed by atoms with Gasteiger partial charge in [-0.05, 0) is 82.1 Å². The zero-order valence-electron chi connectivity index (χ0n) is 27.9. The van der Waals surface area contributed by atoms with E-state index < -0.39 is 11.9 Å². The average molecular weight is 682 g/mol. The second-order valence-electron chi connectivity index (χ2n) is 12.5. The quantitative estimate of drug-likeness (QED) is 0.132. The summed E-state index contributed by atoms with van der Waals surface area (Å²) in [6.07, 6.45) is 1.86. The lowest BCUT2D eigenvalue weighted by atomic mass is 9.90. The van der Waals surface area contributed by atoms with E-state index in [9.17, 15) is 14.4 Å². The number of carbonyl (C=O) groups is 3. The van der Waals surface area contributed by atoms with Gasteiger partial charge in [0.15, 0.2) is 0 Å². The summed E-state index contributed by atoms with van der Waals surface area (Å²) >= 11 is 1.58. The van der Waals surface area contributed by atoms with E-state index in [2.05, 4.69) is 22.2 Å². The Morgan fingerprint density at radius 1 is 0.900 bits per heavy atom. The van der Waals surface area contributed by atoms with E-state index in [1.807, 2.05) is 86.1 Å². The number of aromatic amines is 1. The van der Waals surface area contributed by atoms with E-state index in [1.54, 1.807) is 29.5 Å². The van der Waals surface area contributed by atoms with Gasteiger partial charge >= 0.3 is 5.97 Å². The molecule has 0 bridgehead atoms. The Bertz CT molecular complexity index is 2300. The molecule has 0 unspecified atom stereocenters. The number of amides is 2. The molecule has 7 rings (SSSR count). The van der Waals surface area contributed by atoms with Crippen LogP contribution in [0.5, 0.6) is 5.75 Å². The Labute approximate surface area is 293 Å². The molecule has 1 aliphatic heterocycles. The number of hydrogen-bond acceptors (Lipinski definition) is 6. The predicted octanol–water partition coefficient (Wildman–Crippen LogP) is 8.94. The van der Waals surface area contributed by atoms with Crippen molar-refractivity contribution in [1.29, 1.82) is 0 Å². The standard InChI is InChI=1S/C41H35N3O5S/c1-23(2)21-43-39(45)26-10-11-28(32(18-26)41(47)48-4)30-20-36-33(38-27(22-49-36)15-17-50-38)19-31(30)40(46)44-35-13-12-34-29(14-16-42-34)37(35)24(3)25-8-6-5-7-9-25/h5-20,23,42H,3,21-22H2,1-2,4H3,(H,43,45)(H,44,46). The number of anilines is 1. The molecule has 6 aromatic rings. The Hall–Kier alpha value is -5.93. The number of rotatable bonds is 9. The SMILES string of the molecule is C=C(c1ccccc1)c1c(NC(=O)c2cc3c(cc2-c2ccc(C(=O)NCC(C)C)cc2C(=O)OC)OCc2ccsc2-3)ccc2[nH]ccc12. The third kappa shape index (κ3) is 6.08. The Morgan fingerprint density at radius 3 is 2.50 bits per heavy atom. The van der Waals surface area contributed by atoms with E-state index >= 15 is 0 Å². The van der Waals surface area contributed by atoms with E-state index in [4.69, 9.17) is 9.47 Å². The number of benzene rings is 4. The first-order chi connectivity index (χ1) is 24.2. The van der Waals surface area contributed by atoms with Crippen molar-refractivity contribution in [2.45, 2.75) is 20.5 Å². The Kier molecular flexibility index (Phi) is 8.82. The summed E-state index contributed by atoms with van der Waals surface area (Å²) in [5, 5.41) is 9.00. The van der Waals surface area contributed by atoms with Gasteiger partial charge in [0.25, 0.3) is 11.8 Å². The highest BCUT2D eigenvalue weighted by molar-refractivity contribution is 7.13. The van der Waals surface area contributed by atoms with Crippen LogP contribution >= 0.6 is 11.3 Å². The number of carbonyl (C=O) groups excluding carboxylic acids is 3. The second kappa shape index (κ2) is 13.5. The van der Waals surface area contributed by atoms with Crippen LogP contribution in [0.3, 0.4) is 0 Å². The fourth-order valence-corrected chi connectivity index (χ4v) is 7.20. The van der Waals surface area contributed by atoms with E-state index in [0.717, 1.165) is 43.6 Å². The van der Waals surface area contributed by atoms with Gasteiger partial charge in [-0.25, -0.2) is 4.79 Å². The number of ether oxygens (including phenoxy) is 2. The zero-order valence-corrected chi connectivity index (χ0v) is 28.7. The number of esters is 1. The topological polar surface area (TPSA) is 110 Å². The third-order valence-corrected chi connectivity index (χ3v) is 9.78. The van der Waals surface area contributed by atoms with Gasteiger partial charge in [-0.2, -0.15) is 0 Å². The highest BCUT2D eigenvalue weighted by Crippen LogP contribution is 2.45. The van der Waals surface area contributed by atoms with Crippen LogP contribution in [0.2, 0.25) is 0 Å². The maximum absolute atomic E-state index is 14.6. The number of nitrogens with one attached hydrogen (secondary N) is 3. The average Bonchev–Trinajstić information content (AvgIpc) is 3.83. The van der Waals surface area contributed by atoms with Gasteiger partial charge < -0.3 is 25.1 Å². The lowest BCUT2D eigenvalue weighted by molar-refractivity contribution is 0.0601. The van der Waals surface area contributed by atoms with Crippen molar-refractivity contribution in [3.05, 3.63) is 136 Å². The van der Waals surface area contributed by atoms with Gasteiger partial charge in [0.05, 0.1) is 12.7 Å². The summed E-state index contributed by atoms with van der Waals surface area (Å²) < 4.78 is 11.4. The van der Waals surface area contributed by atoms with Crippen molar-refractivity contribution in [1.82, 2.24) is 10.3 Å². The molecule has 3 N–H and O–H groups in total. The maximum Gasteiger partial charge on any atom is 0.338 e. The van der Waals surface area contributed by atoms with Crippen molar-refractivity contribution in [2.24, 2.45) is 5.92 Å². The molecular weight excluding hydrogens is 647 g/mol. The second-order valence-corrected chi connectivity index (χ2v) is 13.5. The van der Waals surface area contributed by atoms with Gasteiger partial charge in [0, 0.05) is 62.0 Å². The first-order valence-electron chi connectivity index (χ1n) is 16.3. The molecule has 250 valence electrons. The number of methoxy groups -OCH3 is 1. The Morgan fingerprint density at radius 2 is 1.72 bits per heavy atom. The van der Waals surface area contributed by atoms with Crippen molar-refractivity contribution in [2.75, 3.05) is 19.0 Å². The predicted molar refractivity (Wildman–Crippen MR) is 199 cm³/mol. The van der Waals surface area contributed by atoms with Crippen LogP contribution in [0.4, 0.5) is 5.69 Å². The van der Waals surface area contributed by atoms with Crippen LogP contribution < -0.4 is 15.4 Å². The van der Waals surface area contributed by atoms with Crippen LogP contribution in [0.1, 0.15) is 61.6 Å². The number of thiophene rings is 1. The summed E-state index contributed by atoms with van der Waals surface area (Å²) in [5.74, 6) is -0.491. The number of H-pyrrole nitrogens is 1. The van der Waals surface area contributed by atoms with Gasteiger partial charge in [0.1, 0.15) is 12.4 Å². The summed E-state index contributed by atoms with van der Waals surface area (Å²) in [6.45, 7) is 9.31. The molecule has 1 aliphatic rings. The summed E-state index contributed by atoms with van der Waals surface area (Å²) in [7, 11) is 1.29. The highest BCUT2D eigenvalue weighted by Gasteiger charge is 2.27. The molecule has 50 heavy (non-hydrogen) atoms. The van der Waals surface area contributed by atoms with Gasteiger partial charge in [-0.3, -0.25) is 9.59 Å². The van der Waals surface area contributed by atoms with E-state index in [-0.39, 0.29) is 17.4 Å². The lowest BCUT2D eigenvalue weighted by Crippen LogP contribution is -2.27. The molecular formula is C41H35N3O5S. The summed E-state index contributed by atoms with van der Waals surface area (Å²) in [5.41, 5.74) is 7.46. The highest BCUT2D eigenvalue weighted by atomic mass is 32.1. The smallest absolute Gasteiger partial charge is 0.338 e. The van der Waals surface area contributed by atoms with Crippen LogP contribution in [-0.2, 0) is 11.3 Å². The van der Waals surface area contributed by atoms with Crippen LogP contribution in [-0.4, -0.2) is 36.4 Å². The zero-order chi connectivity index (χ0) is 34.9. The Balaban J connectivity index is 1.37. The molecule has 0 spiro atoms. The molecule has 0 fully saturated rings. The normalized spacial score (nSPS) is 11.8. The van der Waals surface area contributed by atoms with E-state index in [0.29, 0.717) is 46.8 Å². The lowest BCUT2D eigenvalue weighted by Gasteiger charge is -2.22. The molecule has 0 atom stereocenters. The molecule has 2 aromatic heterocycles.